The van der Waals surface area contributed by atoms with Gasteiger partial charge in [0.05, 0.1) is 0 Å². The van der Waals surface area contributed by atoms with Crippen LogP contribution in [-0.4, -0.2) is 11.2 Å². The van der Waals surface area contributed by atoms with Crippen LogP contribution in [0.15, 0.2) is 24.3 Å². The van der Waals surface area contributed by atoms with Gasteiger partial charge in [-0.3, -0.25) is 0 Å². The van der Waals surface area contributed by atoms with Crippen LogP contribution in [0, 0.1) is 11.7 Å². The SMILES string of the molecule is C[C@@H]1CCCC[C@@H]1NC(=S)NCc1ccc(F)cc1. The summed E-state index contributed by atoms with van der Waals surface area (Å²) >= 11 is 5.32. The number of nitrogens with one attached hydrogen (secondary N) is 2. The van der Waals surface area contributed by atoms with Crippen molar-refractivity contribution in [2.45, 2.75) is 45.2 Å². The van der Waals surface area contributed by atoms with Gasteiger partial charge in [0.15, 0.2) is 5.11 Å². The highest BCUT2D eigenvalue weighted by Gasteiger charge is 2.21. The fourth-order valence-electron chi connectivity index (χ4n) is 2.53. The van der Waals surface area contributed by atoms with Gasteiger partial charge < -0.3 is 10.6 Å². The van der Waals surface area contributed by atoms with E-state index in [4.69, 9.17) is 12.2 Å². The Bertz CT molecular complexity index is 419. The summed E-state index contributed by atoms with van der Waals surface area (Å²) in [4.78, 5) is 0. The molecular formula is C15H21FN2S. The molecule has 0 aliphatic heterocycles. The first-order valence-corrected chi connectivity index (χ1v) is 7.35. The summed E-state index contributed by atoms with van der Waals surface area (Å²) in [6.45, 7) is 2.91. The number of hydrogen-bond donors (Lipinski definition) is 2. The van der Waals surface area contributed by atoms with Crippen LogP contribution in [-0.2, 0) is 6.54 Å². The van der Waals surface area contributed by atoms with Gasteiger partial charge in [-0.2, -0.15) is 0 Å². The van der Waals surface area contributed by atoms with Crippen LogP contribution in [0.25, 0.3) is 0 Å². The minimum atomic E-state index is -0.208. The molecule has 2 atom stereocenters. The van der Waals surface area contributed by atoms with Crippen molar-refractivity contribution in [1.82, 2.24) is 10.6 Å². The van der Waals surface area contributed by atoms with Crippen molar-refractivity contribution in [2.75, 3.05) is 0 Å². The molecule has 1 fully saturated rings. The van der Waals surface area contributed by atoms with Crippen molar-refractivity contribution >= 4 is 17.3 Å². The molecule has 0 bridgehead atoms. The molecule has 1 aromatic carbocycles. The maximum Gasteiger partial charge on any atom is 0.166 e. The first-order valence-electron chi connectivity index (χ1n) is 6.94. The summed E-state index contributed by atoms with van der Waals surface area (Å²) in [5.74, 6) is 0.472. The summed E-state index contributed by atoms with van der Waals surface area (Å²) < 4.78 is 12.8. The van der Waals surface area contributed by atoms with E-state index in [0.29, 0.717) is 23.6 Å². The Hall–Kier alpha value is -1.16. The van der Waals surface area contributed by atoms with Crippen molar-refractivity contribution in [1.29, 1.82) is 0 Å². The molecule has 19 heavy (non-hydrogen) atoms. The molecule has 0 unspecified atom stereocenters. The predicted molar refractivity (Wildman–Crippen MR) is 80.4 cm³/mol. The molecule has 0 saturated heterocycles. The summed E-state index contributed by atoms with van der Waals surface area (Å²) in [7, 11) is 0. The van der Waals surface area contributed by atoms with Crippen LogP contribution in [0.5, 0.6) is 0 Å². The van der Waals surface area contributed by atoms with E-state index in [1.54, 1.807) is 12.1 Å². The van der Waals surface area contributed by atoms with Crippen molar-refractivity contribution in [3.05, 3.63) is 35.6 Å². The molecule has 1 aromatic rings. The van der Waals surface area contributed by atoms with Gasteiger partial charge in [0.25, 0.3) is 0 Å². The molecule has 1 aliphatic carbocycles. The summed E-state index contributed by atoms with van der Waals surface area (Å²) in [6.07, 6.45) is 5.08. The van der Waals surface area contributed by atoms with Crippen LogP contribution in [0.2, 0.25) is 0 Å². The summed E-state index contributed by atoms with van der Waals surface area (Å²) in [5.41, 5.74) is 1.03. The van der Waals surface area contributed by atoms with Crippen LogP contribution >= 0.6 is 12.2 Å². The van der Waals surface area contributed by atoms with Crippen molar-refractivity contribution in [3.63, 3.8) is 0 Å². The van der Waals surface area contributed by atoms with E-state index >= 15 is 0 Å². The molecule has 0 amide bonds. The highest BCUT2D eigenvalue weighted by molar-refractivity contribution is 7.80. The van der Waals surface area contributed by atoms with E-state index in [0.717, 1.165) is 5.56 Å². The monoisotopic (exact) mass is 280 g/mol. The fraction of sp³-hybridized carbons (Fsp3) is 0.533. The molecule has 0 heterocycles. The first-order chi connectivity index (χ1) is 9.15. The molecular weight excluding hydrogens is 259 g/mol. The lowest BCUT2D eigenvalue weighted by molar-refractivity contribution is 0.308. The number of halogens is 1. The third-order valence-electron chi connectivity index (χ3n) is 3.79. The molecule has 2 nitrogen and oxygen atoms in total. The molecule has 2 N–H and O–H groups in total. The lowest BCUT2D eigenvalue weighted by atomic mass is 9.86. The Labute approximate surface area is 119 Å². The highest BCUT2D eigenvalue weighted by Crippen LogP contribution is 2.23. The molecule has 1 aliphatic rings. The van der Waals surface area contributed by atoms with E-state index < -0.39 is 0 Å². The van der Waals surface area contributed by atoms with E-state index in [1.807, 2.05) is 0 Å². The van der Waals surface area contributed by atoms with Gasteiger partial charge in [-0.05, 0) is 48.7 Å². The average Bonchev–Trinajstić information content (AvgIpc) is 2.41. The number of hydrogen-bond acceptors (Lipinski definition) is 1. The smallest absolute Gasteiger partial charge is 0.166 e. The van der Waals surface area contributed by atoms with Crippen molar-refractivity contribution < 1.29 is 4.39 Å². The Kier molecular flexibility index (Phi) is 5.14. The number of thiocarbonyl (C=S) groups is 1. The normalized spacial score (nSPS) is 22.8. The summed E-state index contributed by atoms with van der Waals surface area (Å²) in [6, 6.07) is 6.97. The van der Waals surface area contributed by atoms with Gasteiger partial charge in [0.2, 0.25) is 0 Å². The first kappa shape index (κ1) is 14.3. The van der Waals surface area contributed by atoms with Crippen LogP contribution in [0.1, 0.15) is 38.2 Å². The predicted octanol–water partition coefficient (Wildman–Crippen LogP) is 3.37. The van der Waals surface area contributed by atoms with E-state index in [9.17, 15) is 4.39 Å². The fourth-order valence-corrected chi connectivity index (χ4v) is 2.76. The number of rotatable bonds is 3. The minimum Gasteiger partial charge on any atom is -0.360 e. The second-order valence-electron chi connectivity index (χ2n) is 5.32. The molecule has 0 radical (unpaired) electrons. The van der Waals surface area contributed by atoms with Gasteiger partial charge in [-0.25, -0.2) is 4.39 Å². The molecule has 4 heteroatoms. The van der Waals surface area contributed by atoms with Crippen LogP contribution in [0.4, 0.5) is 4.39 Å². The third kappa shape index (κ3) is 4.46. The van der Waals surface area contributed by atoms with Crippen molar-refractivity contribution in [3.8, 4) is 0 Å². The molecule has 104 valence electrons. The minimum absolute atomic E-state index is 0.208. The molecule has 2 rings (SSSR count). The Morgan fingerprint density at radius 2 is 1.95 bits per heavy atom. The van der Waals surface area contributed by atoms with E-state index in [-0.39, 0.29) is 5.82 Å². The van der Waals surface area contributed by atoms with Gasteiger partial charge in [0, 0.05) is 12.6 Å². The van der Waals surface area contributed by atoms with E-state index in [1.165, 1.54) is 37.8 Å². The van der Waals surface area contributed by atoms with Crippen molar-refractivity contribution in [2.24, 2.45) is 5.92 Å². The molecule has 0 aromatic heterocycles. The zero-order valence-electron chi connectivity index (χ0n) is 11.3. The standard InChI is InChI=1S/C15H21FN2S/c1-11-4-2-3-5-14(11)18-15(19)17-10-12-6-8-13(16)9-7-12/h6-9,11,14H,2-5,10H2,1H3,(H2,17,18,19)/t11-,14+/m1/s1. The highest BCUT2D eigenvalue weighted by atomic mass is 32.1. The Morgan fingerprint density at radius 3 is 2.63 bits per heavy atom. The van der Waals surface area contributed by atoms with Gasteiger partial charge >= 0.3 is 0 Å². The van der Waals surface area contributed by atoms with Crippen LogP contribution in [0.3, 0.4) is 0 Å². The second kappa shape index (κ2) is 6.85. The quantitative estimate of drug-likeness (QED) is 0.830. The number of benzene rings is 1. The zero-order valence-corrected chi connectivity index (χ0v) is 12.1. The topological polar surface area (TPSA) is 24.1 Å². The van der Waals surface area contributed by atoms with Gasteiger partial charge in [-0.1, -0.05) is 31.9 Å². The van der Waals surface area contributed by atoms with E-state index in [2.05, 4.69) is 17.6 Å². The maximum absolute atomic E-state index is 12.8. The molecule has 0 spiro atoms. The second-order valence-corrected chi connectivity index (χ2v) is 5.73. The lowest BCUT2D eigenvalue weighted by Crippen LogP contribution is -2.45. The molecule has 1 saturated carbocycles. The largest absolute Gasteiger partial charge is 0.360 e. The maximum atomic E-state index is 12.8. The van der Waals surface area contributed by atoms with Gasteiger partial charge in [0.1, 0.15) is 5.82 Å². The zero-order chi connectivity index (χ0) is 13.7. The average molecular weight is 280 g/mol. The summed E-state index contributed by atoms with van der Waals surface area (Å²) in [5, 5.41) is 7.28. The lowest BCUT2D eigenvalue weighted by Gasteiger charge is -2.30. The van der Waals surface area contributed by atoms with Crippen LogP contribution < -0.4 is 10.6 Å². The third-order valence-corrected chi connectivity index (χ3v) is 4.06. The Morgan fingerprint density at radius 1 is 1.26 bits per heavy atom. The Balaban J connectivity index is 1.76. The van der Waals surface area contributed by atoms with Gasteiger partial charge in [-0.15, -0.1) is 0 Å².